The fraction of sp³-hybridized carbons (Fsp3) is 0.460. The molecule has 0 aromatic heterocycles. The minimum atomic E-state index is -0.119. The molecule has 8 aromatic rings. The number of hydrogen-bond acceptors (Lipinski definition) is 5. The molecule has 384 valence electrons. The van der Waals surface area contributed by atoms with Crippen molar-refractivity contribution in [2.24, 2.45) is 0 Å². The first-order valence-corrected chi connectivity index (χ1v) is 27.7. The number of hydrogen-bond donors (Lipinski definition) is 5. The highest BCUT2D eigenvalue weighted by molar-refractivity contribution is 6.24. The molecule has 0 atom stereocenters. The summed E-state index contributed by atoms with van der Waals surface area (Å²) < 4.78 is 12.1. The van der Waals surface area contributed by atoms with Crippen molar-refractivity contribution in [2.45, 2.75) is 142 Å². The molecule has 4 amide bonds. The number of benzene rings is 8. The number of carbonyl (C=O) groups excluding carboxylic acids is 2. The van der Waals surface area contributed by atoms with Gasteiger partial charge in [0.05, 0.1) is 19.9 Å². The minimum Gasteiger partial charge on any atom is -0.377 e. The first kappa shape index (κ1) is 54.0. The largest absolute Gasteiger partial charge is 0.377 e. The second-order valence-corrected chi connectivity index (χ2v) is 19.8. The van der Waals surface area contributed by atoms with E-state index in [9.17, 15) is 9.59 Å². The molecule has 0 bridgehead atoms. The maximum Gasteiger partial charge on any atom is 0.315 e. The SMILES string of the molecule is CCCCCCCCCCCCCNC(=O)NCCCCCCOCc1ccc2ccc3cccc4ccc1c2c34.CNCNC(=O)NCCCCCCOCc1ccc2ccc3cccc4ccc1c2c34. The molecule has 8 rings (SSSR count). The molecule has 0 aliphatic carbocycles. The summed E-state index contributed by atoms with van der Waals surface area (Å²) >= 11 is 0. The van der Waals surface area contributed by atoms with E-state index >= 15 is 0 Å². The van der Waals surface area contributed by atoms with Gasteiger partial charge in [-0.3, -0.25) is 0 Å². The summed E-state index contributed by atoms with van der Waals surface area (Å²) in [5, 5.41) is 30.3. The molecule has 0 saturated heterocycles. The summed E-state index contributed by atoms with van der Waals surface area (Å²) in [7, 11) is 1.80. The van der Waals surface area contributed by atoms with E-state index in [0.29, 0.717) is 26.4 Å². The summed E-state index contributed by atoms with van der Waals surface area (Å²) in [6.45, 7) is 7.81. The normalized spacial score (nSPS) is 11.6. The highest BCUT2D eigenvalue weighted by Crippen LogP contribution is 2.37. The Morgan fingerprint density at radius 3 is 1.11 bits per heavy atom. The van der Waals surface area contributed by atoms with Gasteiger partial charge in [-0.25, -0.2) is 9.59 Å². The van der Waals surface area contributed by atoms with Crippen molar-refractivity contribution < 1.29 is 19.1 Å². The molecule has 0 aliphatic heterocycles. The first-order valence-electron chi connectivity index (χ1n) is 27.7. The summed E-state index contributed by atoms with van der Waals surface area (Å²) in [4.78, 5) is 23.4. The molecule has 0 spiro atoms. The average Bonchev–Trinajstić information content (AvgIpc) is 3.41. The molecule has 0 heterocycles. The van der Waals surface area contributed by atoms with E-state index in [1.165, 1.54) is 140 Å². The van der Waals surface area contributed by atoms with E-state index in [1.54, 1.807) is 7.05 Å². The minimum absolute atomic E-state index is 0.0197. The Hall–Kier alpha value is -5.74. The maximum atomic E-state index is 12.0. The lowest BCUT2D eigenvalue weighted by molar-refractivity contribution is 0.117. The van der Waals surface area contributed by atoms with Crippen LogP contribution in [0.3, 0.4) is 0 Å². The van der Waals surface area contributed by atoms with Gasteiger partial charge in [0.25, 0.3) is 0 Å². The Kier molecular flexibility index (Phi) is 22.8. The fourth-order valence-corrected chi connectivity index (χ4v) is 10.3. The van der Waals surface area contributed by atoms with Gasteiger partial charge in [-0.05, 0) is 115 Å². The fourth-order valence-electron chi connectivity index (χ4n) is 10.3. The van der Waals surface area contributed by atoms with E-state index in [4.69, 9.17) is 9.47 Å². The van der Waals surface area contributed by atoms with Gasteiger partial charge < -0.3 is 36.1 Å². The monoisotopic (exact) mass is 974 g/mol. The van der Waals surface area contributed by atoms with Crippen LogP contribution in [0.5, 0.6) is 0 Å². The number of urea groups is 2. The van der Waals surface area contributed by atoms with E-state index in [2.05, 4.69) is 143 Å². The smallest absolute Gasteiger partial charge is 0.315 e. The van der Waals surface area contributed by atoms with Crippen LogP contribution in [0.15, 0.2) is 109 Å². The summed E-state index contributed by atoms with van der Waals surface area (Å²) in [5.41, 5.74) is 2.52. The predicted molar refractivity (Wildman–Crippen MR) is 305 cm³/mol. The lowest BCUT2D eigenvalue weighted by atomic mass is 9.92. The molecule has 72 heavy (non-hydrogen) atoms. The van der Waals surface area contributed by atoms with E-state index in [-0.39, 0.29) is 12.1 Å². The molecule has 0 fully saturated rings. The van der Waals surface area contributed by atoms with Gasteiger partial charge in [-0.15, -0.1) is 0 Å². The lowest BCUT2D eigenvalue weighted by Gasteiger charge is -2.14. The van der Waals surface area contributed by atoms with Gasteiger partial charge in [0.15, 0.2) is 0 Å². The quantitative estimate of drug-likeness (QED) is 0.0164. The average molecular weight is 974 g/mol. The molecule has 8 aromatic carbocycles. The van der Waals surface area contributed by atoms with E-state index in [1.807, 2.05) is 0 Å². The lowest BCUT2D eigenvalue weighted by Crippen LogP contribution is -2.40. The molecule has 0 saturated carbocycles. The molecule has 5 N–H and O–H groups in total. The molecular formula is C63H83N5O4. The highest BCUT2D eigenvalue weighted by Gasteiger charge is 2.13. The van der Waals surface area contributed by atoms with E-state index < -0.39 is 0 Å². The van der Waals surface area contributed by atoms with Gasteiger partial charge in [-0.2, -0.15) is 0 Å². The standard InChI is InChI=1S/C37H52N2O2.C26H31N3O2/c1-2-3-4-5-6-7-8-9-10-11-14-26-38-37(40)39-27-15-12-13-16-28-41-29-33-23-22-32-21-20-30-18-17-19-31-24-25-34(33)36(32)35(30)31;1-27-18-29-26(30)28-15-4-2-3-5-16-31-17-22-12-11-21-10-9-19-7-6-8-20-13-14-23(22)25(21)24(19)20/h17-25H,2-16,26-29H2,1H3,(H2,38,39,40);6-14,27H,2-5,15-18H2,1H3,(H2,28,29,30). The van der Waals surface area contributed by atoms with Crippen molar-refractivity contribution in [3.63, 3.8) is 0 Å². The third-order valence-electron chi connectivity index (χ3n) is 14.2. The summed E-state index contributed by atoms with van der Waals surface area (Å²) in [6.07, 6.45) is 23.2. The topological polar surface area (TPSA) is 113 Å². The van der Waals surface area contributed by atoms with Gasteiger partial charge in [0.2, 0.25) is 0 Å². The maximum absolute atomic E-state index is 12.0. The van der Waals surface area contributed by atoms with Crippen molar-refractivity contribution in [1.82, 2.24) is 26.6 Å². The van der Waals surface area contributed by atoms with Crippen LogP contribution in [0.4, 0.5) is 9.59 Å². The molecule has 9 heteroatoms. The van der Waals surface area contributed by atoms with Crippen LogP contribution < -0.4 is 26.6 Å². The molecule has 0 aliphatic rings. The molecule has 9 nitrogen and oxygen atoms in total. The molecular weight excluding hydrogens is 891 g/mol. The van der Waals surface area contributed by atoms with Crippen LogP contribution in [-0.2, 0) is 22.7 Å². The van der Waals surface area contributed by atoms with Gasteiger partial charge in [-0.1, -0.05) is 206 Å². The Morgan fingerprint density at radius 1 is 0.375 bits per heavy atom. The van der Waals surface area contributed by atoms with Crippen molar-refractivity contribution in [3.8, 4) is 0 Å². The third-order valence-corrected chi connectivity index (χ3v) is 14.2. The number of carbonyl (C=O) groups is 2. The zero-order valence-electron chi connectivity index (χ0n) is 43.6. The van der Waals surface area contributed by atoms with Crippen LogP contribution >= 0.6 is 0 Å². The molecule has 0 radical (unpaired) electrons. The predicted octanol–water partition coefficient (Wildman–Crippen LogP) is 15.4. The highest BCUT2D eigenvalue weighted by atomic mass is 16.5. The van der Waals surface area contributed by atoms with Crippen LogP contribution in [0.25, 0.3) is 64.6 Å². The molecule has 0 unspecified atom stereocenters. The van der Waals surface area contributed by atoms with Crippen molar-refractivity contribution in [1.29, 1.82) is 0 Å². The van der Waals surface area contributed by atoms with Gasteiger partial charge >= 0.3 is 12.1 Å². The van der Waals surface area contributed by atoms with Crippen molar-refractivity contribution in [2.75, 3.05) is 46.6 Å². The van der Waals surface area contributed by atoms with E-state index in [0.717, 1.165) is 84.1 Å². The van der Waals surface area contributed by atoms with Gasteiger partial charge in [0, 0.05) is 32.8 Å². The number of rotatable bonds is 32. The van der Waals surface area contributed by atoms with Crippen LogP contribution in [0.2, 0.25) is 0 Å². The number of ether oxygens (including phenoxy) is 2. The summed E-state index contributed by atoms with van der Waals surface area (Å²) in [5.74, 6) is 0. The second kappa shape index (κ2) is 30.3. The van der Waals surface area contributed by atoms with Crippen LogP contribution in [0, 0.1) is 0 Å². The number of amides is 4. The Labute approximate surface area is 429 Å². The van der Waals surface area contributed by atoms with Gasteiger partial charge in [0.1, 0.15) is 0 Å². The Morgan fingerprint density at radius 2 is 0.708 bits per heavy atom. The van der Waals surface area contributed by atoms with Crippen LogP contribution in [-0.4, -0.2) is 58.6 Å². The third kappa shape index (κ3) is 16.1. The zero-order chi connectivity index (χ0) is 50.0. The Bertz CT molecular complexity index is 2790. The Balaban J connectivity index is 0.000000219. The van der Waals surface area contributed by atoms with Crippen molar-refractivity contribution in [3.05, 3.63) is 120 Å². The second-order valence-electron chi connectivity index (χ2n) is 19.8. The first-order chi connectivity index (χ1) is 35.6. The number of unbranched alkanes of at least 4 members (excludes halogenated alkanes) is 16. The summed E-state index contributed by atoms with van der Waals surface area (Å²) in [6, 6.07) is 39.6. The van der Waals surface area contributed by atoms with Crippen LogP contribution in [0.1, 0.15) is 140 Å². The zero-order valence-corrected chi connectivity index (χ0v) is 43.6. The number of nitrogens with one attached hydrogen (secondary N) is 5. The van der Waals surface area contributed by atoms with Crippen molar-refractivity contribution >= 4 is 76.7 Å².